The zero-order chi connectivity index (χ0) is 15.9. The highest BCUT2D eigenvalue weighted by Gasteiger charge is 2.32. The van der Waals surface area contributed by atoms with Crippen LogP contribution in [0.3, 0.4) is 0 Å². The summed E-state index contributed by atoms with van der Waals surface area (Å²) in [5.74, 6) is -0.618. The molecule has 0 aliphatic heterocycles. The molecule has 0 saturated heterocycles. The number of aromatic nitrogens is 2. The number of nitrogens with zero attached hydrogens (tertiary/aromatic N) is 2. The van der Waals surface area contributed by atoms with E-state index in [0.717, 1.165) is 12.8 Å². The lowest BCUT2D eigenvalue weighted by atomic mass is 10.2. The summed E-state index contributed by atoms with van der Waals surface area (Å²) in [7, 11) is 0. The molecular weight excluding hydrogens is 301 g/mol. The fraction of sp³-hybridized carbons (Fsp3) is 0.429. The molecule has 2 heterocycles. The van der Waals surface area contributed by atoms with Gasteiger partial charge in [0, 0.05) is 5.92 Å². The molecule has 2 aromatic rings. The van der Waals surface area contributed by atoms with Crippen LogP contribution in [0, 0.1) is 0 Å². The summed E-state index contributed by atoms with van der Waals surface area (Å²) in [4.78, 5) is 11.1. The molecule has 0 bridgehead atoms. The number of carbonyl (C=O) groups is 1. The molecule has 118 valence electrons. The third-order valence-corrected chi connectivity index (χ3v) is 3.52. The first-order chi connectivity index (χ1) is 10.4. The second-order valence-corrected chi connectivity index (χ2v) is 5.23. The first kappa shape index (κ1) is 14.7. The van der Waals surface area contributed by atoms with Crippen LogP contribution in [0.5, 0.6) is 5.75 Å². The van der Waals surface area contributed by atoms with Gasteiger partial charge in [0.1, 0.15) is 11.3 Å². The number of alkyl halides is 3. The minimum absolute atomic E-state index is 0.0590. The van der Waals surface area contributed by atoms with Crippen LogP contribution in [-0.4, -0.2) is 33.5 Å². The number of halogens is 3. The van der Waals surface area contributed by atoms with Crippen molar-refractivity contribution in [3.05, 3.63) is 29.6 Å². The van der Waals surface area contributed by atoms with Crippen molar-refractivity contribution >= 4 is 11.5 Å². The van der Waals surface area contributed by atoms with Crippen molar-refractivity contribution in [2.24, 2.45) is 0 Å². The van der Waals surface area contributed by atoms with Gasteiger partial charge in [-0.05, 0) is 25.0 Å². The topological polar surface area (TPSA) is 63.8 Å². The van der Waals surface area contributed by atoms with Gasteiger partial charge in [0.15, 0.2) is 0 Å². The van der Waals surface area contributed by atoms with E-state index in [2.05, 4.69) is 5.10 Å². The van der Waals surface area contributed by atoms with E-state index in [1.807, 2.05) is 0 Å². The van der Waals surface area contributed by atoms with Gasteiger partial charge in [0.2, 0.25) is 0 Å². The number of carboxylic acids is 1. The summed E-state index contributed by atoms with van der Waals surface area (Å²) in [5.41, 5.74) is 1.12. The minimum Gasteiger partial charge on any atom is -0.491 e. The second-order valence-electron chi connectivity index (χ2n) is 5.23. The van der Waals surface area contributed by atoms with Gasteiger partial charge in [-0.1, -0.05) is 0 Å². The Morgan fingerprint density at radius 3 is 2.73 bits per heavy atom. The molecule has 1 aliphatic carbocycles. The molecule has 0 amide bonds. The summed E-state index contributed by atoms with van der Waals surface area (Å²) < 4.78 is 43.4. The van der Waals surface area contributed by atoms with Crippen molar-refractivity contribution in [2.45, 2.75) is 31.4 Å². The average molecular weight is 314 g/mol. The molecule has 1 fully saturated rings. The second kappa shape index (κ2) is 5.19. The smallest absolute Gasteiger partial charge is 0.392 e. The van der Waals surface area contributed by atoms with E-state index in [0.29, 0.717) is 17.0 Å². The maximum atomic E-state index is 12.2. The summed E-state index contributed by atoms with van der Waals surface area (Å²) in [6, 6.07) is 3.03. The van der Waals surface area contributed by atoms with Crippen LogP contribution < -0.4 is 4.74 Å². The monoisotopic (exact) mass is 314 g/mol. The van der Waals surface area contributed by atoms with Crippen molar-refractivity contribution < 1.29 is 27.8 Å². The molecule has 1 aliphatic rings. The highest BCUT2D eigenvalue weighted by molar-refractivity contribution is 5.95. The quantitative estimate of drug-likeness (QED) is 0.920. The minimum atomic E-state index is -4.27. The molecule has 0 atom stereocenters. The number of rotatable bonds is 5. The van der Waals surface area contributed by atoms with Gasteiger partial charge >= 0.3 is 12.1 Å². The van der Waals surface area contributed by atoms with Gasteiger partial charge in [-0.3, -0.25) is 0 Å². The molecule has 1 N–H and O–H groups in total. The van der Waals surface area contributed by atoms with Gasteiger partial charge in [-0.2, -0.15) is 18.3 Å². The Hall–Kier alpha value is -2.25. The van der Waals surface area contributed by atoms with Crippen molar-refractivity contribution in [3.8, 4) is 5.75 Å². The molecule has 0 aromatic carbocycles. The van der Waals surface area contributed by atoms with Crippen LogP contribution in [0.15, 0.2) is 18.3 Å². The SMILES string of the molecule is O=C(O)c1cnn2c(C3CC3)c(OCCC(F)(F)F)ccc12. The van der Waals surface area contributed by atoms with Gasteiger partial charge in [-0.15, -0.1) is 0 Å². The summed E-state index contributed by atoms with van der Waals surface area (Å²) in [6.07, 6.45) is -2.29. The number of fused-ring (bicyclic) bond motifs is 1. The molecular formula is C14H13F3N2O3. The zero-order valence-electron chi connectivity index (χ0n) is 11.4. The number of carboxylic acid groups (broad SMARTS) is 1. The molecule has 0 unspecified atom stereocenters. The Morgan fingerprint density at radius 1 is 1.41 bits per heavy atom. The number of aromatic carboxylic acids is 1. The standard InChI is InChI=1S/C14H13F3N2O3/c15-14(16,17)5-6-22-11-4-3-10-9(13(20)21)7-18-19(10)12(11)8-1-2-8/h3-4,7-8H,1-2,5-6H2,(H,20,21). The van der Waals surface area contributed by atoms with Crippen LogP contribution in [0.2, 0.25) is 0 Å². The number of ether oxygens (including phenoxy) is 1. The first-order valence-corrected chi connectivity index (χ1v) is 6.80. The lowest BCUT2D eigenvalue weighted by Crippen LogP contribution is -2.14. The first-order valence-electron chi connectivity index (χ1n) is 6.80. The van der Waals surface area contributed by atoms with Crippen LogP contribution in [0.1, 0.15) is 41.2 Å². The van der Waals surface area contributed by atoms with E-state index < -0.39 is 25.2 Å². The van der Waals surface area contributed by atoms with E-state index in [9.17, 15) is 18.0 Å². The maximum Gasteiger partial charge on any atom is 0.392 e. The molecule has 1 saturated carbocycles. The van der Waals surface area contributed by atoms with E-state index in [4.69, 9.17) is 9.84 Å². The van der Waals surface area contributed by atoms with Crippen molar-refractivity contribution in [1.82, 2.24) is 9.61 Å². The predicted molar refractivity (Wildman–Crippen MR) is 70.3 cm³/mol. The molecule has 0 radical (unpaired) electrons. The van der Waals surface area contributed by atoms with Crippen molar-refractivity contribution in [3.63, 3.8) is 0 Å². The third kappa shape index (κ3) is 2.86. The Bertz CT molecular complexity index is 720. The largest absolute Gasteiger partial charge is 0.491 e. The number of hydrogen-bond acceptors (Lipinski definition) is 3. The number of pyridine rings is 1. The van der Waals surface area contributed by atoms with Crippen molar-refractivity contribution in [2.75, 3.05) is 6.61 Å². The van der Waals surface area contributed by atoms with E-state index in [-0.39, 0.29) is 11.5 Å². The molecule has 8 heteroatoms. The highest BCUT2D eigenvalue weighted by Crippen LogP contribution is 2.44. The van der Waals surface area contributed by atoms with Gasteiger partial charge in [0.25, 0.3) is 0 Å². The Kier molecular flexibility index (Phi) is 3.46. The predicted octanol–water partition coefficient (Wildman–Crippen LogP) is 3.24. The van der Waals surface area contributed by atoms with Crippen LogP contribution in [0.25, 0.3) is 5.52 Å². The zero-order valence-corrected chi connectivity index (χ0v) is 11.4. The van der Waals surface area contributed by atoms with Crippen LogP contribution >= 0.6 is 0 Å². The van der Waals surface area contributed by atoms with Gasteiger partial charge < -0.3 is 9.84 Å². The van der Waals surface area contributed by atoms with E-state index in [1.165, 1.54) is 22.8 Å². The van der Waals surface area contributed by atoms with Crippen LogP contribution in [-0.2, 0) is 0 Å². The third-order valence-electron chi connectivity index (χ3n) is 3.52. The summed E-state index contributed by atoms with van der Waals surface area (Å²) in [5, 5.41) is 13.2. The Balaban J connectivity index is 1.93. The normalized spacial score (nSPS) is 15.2. The fourth-order valence-corrected chi connectivity index (χ4v) is 2.35. The van der Waals surface area contributed by atoms with E-state index >= 15 is 0 Å². The van der Waals surface area contributed by atoms with Crippen molar-refractivity contribution in [1.29, 1.82) is 0 Å². The molecule has 5 nitrogen and oxygen atoms in total. The van der Waals surface area contributed by atoms with Gasteiger partial charge in [0.05, 0.1) is 30.4 Å². The lowest BCUT2D eigenvalue weighted by Gasteiger charge is -2.13. The molecule has 0 spiro atoms. The maximum absolute atomic E-state index is 12.2. The summed E-state index contributed by atoms with van der Waals surface area (Å²) >= 11 is 0. The Labute approximate surface area is 123 Å². The van der Waals surface area contributed by atoms with E-state index in [1.54, 1.807) is 0 Å². The fourth-order valence-electron chi connectivity index (χ4n) is 2.35. The highest BCUT2D eigenvalue weighted by atomic mass is 19.4. The lowest BCUT2D eigenvalue weighted by molar-refractivity contribution is -0.139. The average Bonchev–Trinajstić information content (AvgIpc) is 3.14. The Morgan fingerprint density at radius 2 is 2.14 bits per heavy atom. The molecule has 3 rings (SSSR count). The molecule has 22 heavy (non-hydrogen) atoms. The molecule has 2 aromatic heterocycles. The van der Waals surface area contributed by atoms with Crippen LogP contribution in [0.4, 0.5) is 13.2 Å². The number of hydrogen-bond donors (Lipinski definition) is 1. The summed E-state index contributed by atoms with van der Waals surface area (Å²) in [6.45, 7) is -0.470. The van der Waals surface area contributed by atoms with Gasteiger partial charge in [-0.25, -0.2) is 9.31 Å².